The fourth-order valence-corrected chi connectivity index (χ4v) is 3.92. The fourth-order valence-electron chi connectivity index (χ4n) is 2.56. The third-order valence-electron chi connectivity index (χ3n) is 3.85. The van der Waals surface area contributed by atoms with E-state index in [1.807, 2.05) is 45.0 Å². The first-order valence-electron chi connectivity index (χ1n) is 8.31. The first-order valence-corrected chi connectivity index (χ1v) is 10.8. The molecule has 1 atom stereocenters. The lowest BCUT2D eigenvalue weighted by Crippen LogP contribution is -2.46. The van der Waals surface area contributed by atoms with Crippen molar-refractivity contribution in [3.63, 3.8) is 0 Å². The molecule has 0 bridgehead atoms. The Bertz CT molecular complexity index is 659. The predicted octanol–water partition coefficient (Wildman–Crippen LogP) is 5.19. The summed E-state index contributed by atoms with van der Waals surface area (Å²) in [5.74, 6) is 0.921. The number of carbonyl (C=O) groups excluding carboxylic acids is 1. The van der Waals surface area contributed by atoms with Crippen LogP contribution in [0.1, 0.15) is 38.9 Å². The predicted molar refractivity (Wildman–Crippen MR) is 111 cm³/mol. The quantitative estimate of drug-likeness (QED) is 0.555. The van der Waals surface area contributed by atoms with Crippen molar-refractivity contribution < 1.29 is 14.3 Å². The average Bonchev–Trinajstić information content (AvgIpc) is 2.61. The van der Waals surface area contributed by atoms with Crippen LogP contribution in [0.2, 0.25) is 0 Å². The molecule has 0 radical (unpaired) electrons. The van der Waals surface area contributed by atoms with Gasteiger partial charge in [-0.25, -0.2) is 4.79 Å². The molecule has 4 nitrogen and oxygen atoms in total. The van der Waals surface area contributed by atoms with E-state index in [-0.39, 0.29) is 38.5 Å². The first-order chi connectivity index (χ1) is 11.9. The van der Waals surface area contributed by atoms with Crippen molar-refractivity contribution in [2.24, 2.45) is 0 Å². The van der Waals surface area contributed by atoms with E-state index in [0.717, 1.165) is 11.3 Å². The molecular weight excluding hydrogens is 429 g/mol. The van der Waals surface area contributed by atoms with Crippen molar-refractivity contribution in [3.8, 4) is 0 Å². The normalized spacial score (nSPS) is 15.0. The first kappa shape index (κ1) is 19.7. The lowest BCUT2D eigenvalue weighted by molar-refractivity contribution is 0.0615. The minimum absolute atomic E-state index is 0.0657. The van der Waals surface area contributed by atoms with Crippen LogP contribution in [0.25, 0.3) is 0 Å². The molecule has 0 saturated carbocycles. The van der Waals surface area contributed by atoms with Crippen LogP contribution in [0.4, 0.5) is 4.79 Å². The van der Waals surface area contributed by atoms with E-state index in [2.05, 4.69) is 26.3 Å². The number of benzene rings is 1. The van der Waals surface area contributed by atoms with Gasteiger partial charge in [0.2, 0.25) is 0 Å². The van der Waals surface area contributed by atoms with Gasteiger partial charge in [0, 0.05) is 22.6 Å². The summed E-state index contributed by atoms with van der Waals surface area (Å²) in [4.78, 5) is 13.9. The largest absolute Gasteiger partial charge is 0.485 e. The molecule has 1 heterocycles. The van der Waals surface area contributed by atoms with E-state index in [1.54, 1.807) is 4.90 Å². The smallest absolute Gasteiger partial charge is 0.409 e. The molecular formula is C20H26INO3. The molecule has 2 rings (SSSR count). The van der Waals surface area contributed by atoms with Crippen molar-refractivity contribution in [1.29, 1.82) is 0 Å². The molecule has 1 aliphatic heterocycles. The lowest BCUT2D eigenvalue weighted by Gasteiger charge is -2.35. The molecule has 5 heteroatoms. The van der Waals surface area contributed by atoms with E-state index >= 15 is 0 Å². The number of amides is 1. The summed E-state index contributed by atoms with van der Waals surface area (Å²) in [5.41, 5.74) is 0.807. The van der Waals surface area contributed by atoms with Crippen LogP contribution in [0.3, 0.4) is 0 Å². The van der Waals surface area contributed by atoms with E-state index in [9.17, 15) is 4.79 Å². The molecule has 1 unspecified atom stereocenters. The van der Waals surface area contributed by atoms with Crippen molar-refractivity contribution in [2.45, 2.75) is 38.8 Å². The number of hydrogen-bond donors (Lipinski definition) is 0. The monoisotopic (exact) mass is 455 g/mol. The maximum atomic E-state index is 12.1. The SMILES string of the molecule is COC(=O)N(CCC(OC1=CI=CC=C1)c1ccccc1)C(C)(C)C. The highest BCUT2D eigenvalue weighted by molar-refractivity contribution is 14.2. The summed E-state index contributed by atoms with van der Waals surface area (Å²) in [5, 5.41) is 0. The van der Waals surface area contributed by atoms with Gasteiger partial charge in [0.05, 0.1) is 7.11 Å². The Kier molecular flexibility index (Phi) is 7.23. The van der Waals surface area contributed by atoms with Crippen LogP contribution < -0.4 is 0 Å². The fraction of sp³-hybridized carbons (Fsp3) is 0.400. The summed E-state index contributed by atoms with van der Waals surface area (Å²) in [7, 11) is 1.42. The van der Waals surface area contributed by atoms with Gasteiger partial charge in [-0.1, -0.05) is 57.1 Å². The van der Waals surface area contributed by atoms with E-state index in [0.29, 0.717) is 13.0 Å². The molecule has 1 aliphatic rings. The van der Waals surface area contributed by atoms with Crippen LogP contribution in [0.15, 0.2) is 52.3 Å². The number of rotatable bonds is 6. The van der Waals surface area contributed by atoms with Crippen LogP contribution in [0, 0.1) is 0 Å². The Morgan fingerprint density at radius 1 is 1.24 bits per heavy atom. The topological polar surface area (TPSA) is 38.8 Å². The van der Waals surface area contributed by atoms with Gasteiger partial charge in [-0.3, -0.25) is 0 Å². The highest BCUT2D eigenvalue weighted by atomic mass is 127. The van der Waals surface area contributed by atoms with Gasteiger partial charge in [-0.05, 0) is 36.4 Å². The van der Waals surface area contributed by atoms with Crippen molar-refractivity contribution in [3.05, 3.63) is 57.9 Å². The number of carbonyl (C=O) groups is 1. The molecule has 0 saturated heterocycles. The van der Waals surface area contributed by atoms with E-state index < -0.39 is 0 Å². The van der Waals surface area contributed by atoms with Gasteiger partial charge in [0.25, 0.3) is 0 Å². The zero-order valence-corrected chi connectivity index (χ0v) is 17.4. The van der Waals surface area contributed by atoms with Crippen LogP contribution in [-0.4, -0.2) is 34.2 Å². The Labute approximate surface area is 160 Å². The Morgan fingerprint density at radius 2 is 1.96 bits per heavy atom. The molecule has 0 spiro atoms. The third-order valence-corrected chi connectivity index (χ3v) is 5.65. The standard InChI is InChI=1S/C20H26INO3/c1-20(2,3)22(19(23)24-4)14-12-18(16-9-6-5-7-10-16)25-17-11-8-13-21-15-17/h5-11,13,15,18H,12,14H2,1-4H3. The number of ether oxygens (including phenoxy) is 2. The van der Waals surface area contributed by atoms with Crippen LogP contribution >= 0.6 is 20.7 Å². The molecule has 136 valence electrons. The summed E-state index contributed by atoms with van der Waals surface area (Å²) < 4.78 is 15.6. The second-order valence-electron chi connectivity index (χ2n) is 6.72. The molecule has 1 aromatic rings. The summed E-state index contributed by atoms with van der Waals surface area (Å²) in [6.07, 6.45) is 4.34. The van der Waals surface area contributed by atoms with Crippen LogP contribution in [-0.2, 0) is 9.47 Å². The molecule has 1 amide bonds. The number of halogens is 1. The van der Waals surface area contributed by atoms with Gasteiger partial charge < -0.3 is 14.4 Å². The summed E-state index contributed by atoms with van der Waals surface area (Å²) >= 11 is -0.0657. The van der Waals surface area contributed by atoms with Crippen molar-refractivity contribution in [2.75, 3.05) is 13.7 Å². The second-order valence-corrected chi connectivity index (χ2v) is 8.78. The van der Waals surface area contributed by atoms with Crippen LogP contribution in [0.5, 0.6) is 0 Å². The third kappa shape index (κ3) is 5.99. The number of nitrogens with zero attached hydrogens (tertiary/aromatic N) is 1. The molecule has 0 N–H and O–H groups in total. The number of methoxy groups -OCH3 is 1. The summed E-state index contributed by atoms with van der Waals surface area (Å²) in [6, 6.07) is 10.2. The maximum absolute atomic E-state index is 12.1. The summed E-state index contributed by atoms with van der Waals surface area (Å²) in [6.45, 7) is 6.59. The number of hydrogen-bond acceptors (Lipinski definition) is 3. The highest BCUT2D eigenvalue weighted by Gasteiger charge is 2.28. The maximum Gasteiger partial charge on any atom is 0.409 e. The molecule has 0 aliphatic carbocycles. The zero-order chi connectivity index (χ0) is 18.3. The van der Waals surface area contributed by atoms with Gasteiger partial charge in [0.15, 0.2) is 0 Å². The Balaban J connectivity index is 2.15. The highest BCUT2D eigenvalue weighted by Crippen LogP contribution is 2.28. The van der Waals surface area contributed by atoms with E-state index in [1.165, 1.54) is 7.11 Å². The minimum Gasteiger partial charge on any atom is -0.485 e. The molecule has 25 heavy (non-hydrogen) atoms. The Morgan fingerprint density at radius 3 is 2.52 bits per heavy atom. The van der Waals surface area contributed by atoms with E-state index in [4.69, 9.17) is 9.47 Å². The van der Waals surface area contributed by atoms with Crippen molar-refractivity contribution >= 4 is 30.8 Å². The molecule has 0 aromatic heterocycles. The van der Waals surface area contributed by atoms with Crippen molar-refractivity contribution in [1.82, 2.24) is 4.90 Å². The molecule has 0 fully saturated rings. The minimum atomic E-state index is -0.309. The average molecular weight is 455 g/mol. The zero-order valence-electron chi connectivity index (χ0n) is 15.2. The molecule has 1 aromatic carbocycles. The van der Waals surface area contributed by atoms with Gasteiger partial charge >= 0.3 is 6.09 Å². The van der Waals surface area contributed by atoms with Gasteiger partial charge in [-0.15, -0.1) is 0 Å². The Hall–Kier alpha value is -1.63. The van der Waals surface area contributed by atoms with Gasteiger partial charge in [0.1, 0.15) is 11.9 Å². The lowest BCUT2D eigenvalue weighted by atomic mass is 10.0. The van der Waals surface area contributed by atoms with Gasteiger partial charge in [-0.2, -0.15) is 0 Å². The number of allylic oxidation sites excluding steroid dienone is 2. The second kappa shape index (κ2) is 9.17.